The predicted octanol–water partition coefficient (Wildman–Crippen LogP) is 1.49. The Morgan fingerprint density at radius 2 is 2.35 bits per heavy atom. The van der Waals surface area contributed by atoms with Crippen molar-refractivity contribution in [3.63, 3.8) is 0 Å². The van der Waals surface area contributed by atoms with Crippen molar-refractivity contribution >= 4 is 17.3 Å². The molecule has 0 saturated heterocycles. The second-order valence-corrected chi connectivity index (χ2v) is 5.35. The summed E-state index contributed by atoms with van der Waals surface area (Å²) in [6, 6.07) is 4.38. The van der Waals surface area contributed by atoms with E-state index in [4.69, 9.17) is 5.11 Å². The van der Waals surface area contributed by atoms with E-state index in [1.54, 1.807) is 6.07 Å². The number of hydrogen-bond acceptors (Lipinski definition) is 5. The summed E-state index contributed by atoms with van der Waals surface area (Å²) in [6.45, 7) is 1.70. The van der Waals surface area contributed by atoms with Gasteiger partial charge in [-0.2, -0.15) is 0 Å². The summed E-state index contributed by atoms with van der Waals surface area (Å²) in [7, 11) is 1.39. The number of aliphatic hydroxyl groups excluding tert-OH is 1. The second kappa shape index (κ2) is 5.62. The Kier molecular flexibility index (Phi) is 4.15. The molecule has 1 aromatic rings. The normalized spacial score (nSPS) is 15.2. The molecule has 0 amide bonds. The van der Waals surface area contributed by atoms with Crippen molar-refractivity contribution in [1.29, 1.82) is 0 Å². The third kappa shape index (κ3) is 3.28. The molecule has 1 N–H and O–H groups in total. The highest BCUT2D eigenvalue weighted by Crippen LogP contribution is 2.29. The van der Waals surface area contributed by atoms with Gasteiger partial charge in [0.05, 0.1) is 13.7 Å². The summed E-state index contributed by atoms with van der Waals surface area (Å²) >= 11 is 1.47. The Balaban J connectivity index is 1.97. The van der Waals surface area contributed by atoms with E-state index in [-0.39, 0.29) is 12.6 Å². The maximum atomic E-state index is 11.3. The fourth-order valence-corrected chi connectivity index (χ4v) is 2.78. The molecule has 5 heteroatoms. The zero-order valence-electron chi connectivity index (χ0n) is 9.89. The van der Waals surface area contributed by atoms with Gasteiger partial charge in [-0.25, -0.2) is 4.79 Å². The molecule has 0 aliphatic heterocycles. The number of thiophene rings is 1. The van der Waals surface area contributed by atoms with Crippen molar-refractivity contribution < 1.29 is 14.6 Å². The molecule has 0 aromatic carbocycles. The van der Waals surface area contributed by atoms with Gasteiger partial charge in [0.1, 0.15) is 4.88 Å². The number of carbonyl (C=O) groups is 1. The van der Waals surface area contributed by atoms with Crippen LogP contribution in [0.15, 0.2) is 12.1 Å². The number of rotatable bonds is 6. The number of esters is 1. The van der Waals surface area contributed by atoms with E-state index >= 15 is 0 Å². The maximum absolute atomic E-state index is 11.3. The standard InChI is InChI=1S/C12H17NO3S/c1-16-12(15)11-5-4-10(17-11)8-13(6-7-14)9-2-3-9/h4-5,9,14H,2-3,6-8H2,1H3. The first kappa shape index (κ1) is 12.5. The molecule has 17 heavy (non-hydrogen) atoms. The van der Waals surface area contributed by atoms with E-state index in [0.717, 1.165) is 11.4 Å². The van der Waals surface area contributed by atoms with E-state index < -0.39 is 0 Å². The van der Waals surface area contributed by atoms with Crippen LogP contribution in [0, 0.1) is 0 Å². The van der Waals surface area contributed by atoms with Gasteiger partial charge in [0.15, 0.2) is 0 Å². The van der Waals surface area contributed by atoms with Crippen LogP contribution in [0.1, 0.15) is 27.4 Å². The fraction of sp³-hybridized carbons (Fsp3) is 0.583. The van der Waals surface area contributed by atoms with E-state index in [1.807, 2.05) is 6.07 Å². The summed E-state index contributed by atoms with van der Waals surface area (Å²) < 4.78 is 4.68. The molecular formula is C12H17NO3S. The van der Waals surface area contributed by atoms with Gasteiger partial charge in [0.2, 0.25) is 0 Å². The minimum Gasteiger partial charge on any atom is -0.465 e. The lowest BCUT2D eigenvalue weighted by Gasteiger charge is -2.19. The Morgan fingerprint density at radius 3 is 2.94 bits per heavy atom. The maximum Gasteiger partial charge on any atom is 0.348 e. The molecule has 4 nitrogen and oxygen atoms in total. The summed E-state index contributed by atoms with van der Waals surface area (Å²) in [5.74, 6) is -0.276. The smallest absolute Gasteiger partial charge is 0.348 e. The van der Waals surface area contributed by atoms with Crippen LogP contribution in [0.2, 0.25) is 0 Å². The molecule has 1 heterocycles. The van der Waals surface area contributed by atoms with Crippen molar-refractivity contribution in [2.45, 2.75) is 25.4 Å². The van der Waals surface area contributed by atoms with Crippen LogP contribution in [0.3, 0.4) is 0 Å². The summed E-state index contributed by atoms with van der Waals surface area (Å²) in [5.41, 5.74) is 0. The van der Waals surface area contributed by atoms with Gasteiger partial charge < -0.3 is 9.84 Å². The van der Waals surface area contributed by atoms with Gasteiger partial charge in [-0.15, -0.1) is 11.3 Å². The second-order valence-electron chi connectivity index (χ2n) is 4.18. The number of aliphatic hydroxyl groups is 1. The van der Waals surface area contributed by atoms with Crippen molar-refractivity contribution in [3.8, 4) is 0 Å². The van der Waals surface area contributed by atoms with Gasteiger partial charge in [0, 0.05) is 24.0 Å². The molecule has 0 radical (unpaired) electrons. The van der Waals surface area contributed by atoms with Crippen LogP contribution in [0.4, 0.5) is 0 Å². The number of hydrogen-bond donors (Lipinski definition) is 1. The molecule has 1 saturated carbocycles. The summed E-state index contributed by atoms with van der Waals surface area (Å²) in [5, 5.41) is 9.01. The van der Waals surface area contributed by atoms with Crippen LogP contribution in [-0.4, -0.2) is 42.3 Å². The van der Waals surface area contributed by atoms with Crippen LogP contribution in [0.25, 0.3) is 0 Å². The third-order valence-electron chi connectivity index (χ3n) is 2.86. The first-order chi connectivity index (χ1) is 8.24. The SMILES string of the molecule is COC(=O)c1ccc(CN(CCO)C2CC2)s1. The lowest BCUT2D eigenvalue weighted by Crippen LogP contribution is -2.28. The summed E-state index contributed by atoms with van der Waals surface area (Å²) in [6.07, 6.45) is 2.43. The molecular weight excluding hydrogens is 238 g/mol. The molecule has 94 valence electrons. The quantitative estimate of drug-likeness (QED) is 0.782. The average molecular weight is 255 g/mol. The predicted molar refractivity (Wildman–Crippen MR) is 66.2 cm³/mol. The number of methoxy groups -OCH3 is 1. The van der Waals surface area contributed by atoms with Crippen LogP contribution >= 0.6 is 11.3 Å². The Hall–Kier alpha value is -0.910. The van der Waals surface area contributed by atoms with Crippen LogP contribution in [0.5, 0.6) is 0 Å². The van der Waals surface area contributed by atoms with Gasteiger partial charge in [0.25, 0.3) is 0 Å². The number of carbonyl (C=O) groups excluding carboxylic acids is 1. The molecule has 1 fully saturated rings. The first-order valence-electron chi connectivity index (χ1n) is 5.76. The van der Waals surface area contributed by atoms with Crippen molar-refractivity contribution in [1.82, 2.24) is 4.90 Å². The molecule has 0 atom stereocenters. The molecule has 1 aliphatic carbocycles. The van der Waals surface area contributed by atoms with Crippen LogP contribution < -0.4 is 0 Å². The van der Waals surface area contributed by atoms with E-state index in [1.165, 1.54) is 31.3 Å². The van der Waals surface area contributed by atoms with Gasteiger partial charge in [-0.1, -0.05) is 0 Å². The highest BCUT2D eigenvalue weighted by molar-refractivity contribution is 7.13. The largest absolute Gasteiger partial charge is 0.465 e. The Labute approximate surface area is 105 Å². The van der Waals surface area contributed by atoms with E-state index in [0.29, 0.717) is 17.5 Å². The van der Waals surface area contributed by atoms with Crippen molar-refractivity contribution in [2.75, 3.05) is 20.3 Å². The lowest BCUT2D eigenvalue weighted by atomic mass is 10.3. The molecule has 1 aliphatic rings. The zero-order valence-corrected chi connectivity index (χ0v) is 10.7. The highest BCUT2D eigenvalue weighted by Gasteiger charge is 2.28. The Bertz CT molecular complexity index is 387. The van der Waals surface area contributed by atoms with Crippen molar-refractivity contribution in [2.24, 2.45) is 0 Å². The molecule has 0 bridgehead atoms. The minimum absolute atomic E-state index is 0.186. The zero-order chi connectivity index (χ0) is 12.3. The van der Waals surface area contributed by atoms with Gasteiger partial charge in [-0.3, -0.25) is 4.90 Å². The van der Waals surface area contributed by atoms with E-state index in [9.17, 15) is 4.79 Å². The molecule has 1 aromatic heterocycles. The summed E-state index contributed by atoms with van der Waals surface area (Å²) in [4.78, 5) is 15.4. The fourth-order valence-electron chi connectivity index (χ4n) is 1.83. The Morgan fingerprint density at radius 1 is 1.59 bits per heavy atom. The average Bonchev–Trinajstić information content (AvgIpc) is 3.08. The monoisotopic (exact) mass is 255 g/mol. The van der Waals surface area contributed by atoms with E-state index in [2.05, 4.69) is 9.64 Å². The van der Waals surface area contributed by atoms with Crippen molar-refractivity contribution in [3.05, 3.63) is 21.9 Å². The third-order valence-corrected chi connectivity index (χ3v) is 3.91. The molecule has 0 unspecified atom stereocenters. The lowest BCUT2D eigenvalue weighted by molar-refractivity contribution is 0.0606. The minimum atomic E-state index is -0.276. The first-order valence-corrected chi connectivity index (χ1v) is 6.58. The highest BCUT2D eigenvalue weighted by atomic mass is 32.1. The van der Waals surface area contributed by atoms with Crippen LogP contribution in [-0.2, 0) is 11.3 Å². The topological polar surface area (TPSA) is 49.8 Å². The molecule has 0 spiro atoms. The van der Waals surface area contributed by atoms with Gasteiger partial charge in [-0.05, 0) is 25.0 Å². The van der Waals surface area contributed by atoms with Gasteiger partial charge >= 0.3 is 5.97 Å². The molecule has 2 rings (SSSR count). The number of ether oxygens (including phenoxy) is 1. The number of nitrogens with zero attached hydrogens (tertiary/aromatic N) is 1.